The summed E-state index contributed by atoms with van der Waals surface area (Å²) in [5.74, 6) is -0.222. The van der Waals surface area contributed by atoms with Crippen molar-refractivity contribution in [1.82, 2.24) is 19.8 Å². The SMILES string of the molecule is CN(C(=O)Cn1c(=O)[nH]c2ccccc2c1=O)C1CCNCC1.Cl. The molecule has 0 unspecified atom stereocenters. The number of piperidine rings is 1. The third kappa shape index (κ3) is 3.52. The molecule has 1 aromatic carbocycles. The molecular weight excluding hydrogens is 332 g/mol. The predicted octanol–water partition coefficient (Wildman–Crippen LogP) is 0.322. The van der Waals surface area contributed by atoms with Gasteiger partial charge >= 0.3 is 5.69 Å². The molecule has 1 aromatic heterocycles. The number of carbonyl (C=O) groups is 1. The zero-order valence-corrected chi connectivity index (χ0v) is 14.3. The number of nitrogens with one attached hydrogen (secondary N) is 2. The summed E-state index contributed by atoms with van der Waals surface area (Å²) in [5, 5.41) is 3.66. The van der Waals surface area contributed by atoms with E-state index in [0.29, 0.717) is 10.9 Å². The van der Waals surface area contributed by atoms with E-state index >= 15 is 0 Å². The van der Waals surface area contributed by atoms with Crippen molar-refractivity contribution < 1.29 is 4.79 Å². The molecule has 0 radical (unpaired) electrons. The molecule has 2 N–H and O–H groups in total. The lowest BCUT2D eigenvalue weighted by Gasteiger charge is -2.31. The first-order valence-corrected chi connectivity index (χ1v) is 7.76. The van der Waals surface area contributed by atoms with Crippen LogP contribution in [0.5, 0.6) is 0 Å². The number of likely N-dealkylation sites (N-methyl/N-ethyl adjacent to an activating group) is 1. The van der Waals surface area contributed by atoms with Gasteiger partial charge in [0, 0.05) is 13.1 Å². The van der Waals surface area contributed by atoms with Crippen molar-refractivity contribution in [1.29, 1.82) is 0 Å². The second-order valence-corrected chi connectivity index (χ2v) is 5.85. The molecular formula is C16H21ClN4O3. The minimum atomic E-state index is -0.555. The molecule has 7 nitrogen and oxygen atoms in total. The number of nitrogens with zero attached hydrogens (tertiary/aromatic N) is 2. The molecule has 24 heavy (non-hydrogen) atoms. The van der Waals surface area contributed by atoms with E-state index in [0.717, 1.165) is 30.5 Å². The van der Waals surface area contributed by atoms with Crippen molar-refractivity contribution in [3.05, 3.63) is 45.1 Å². The van der Waals surface area contributed by atoms with Gasteiger partial charge in [0.05, 0.1) is 10.9 Å². The van der Waals surface area contributed by atoms with E-state index in [1.54, 1.807) is 36.2 Å². The van der Waals surface area contributed by atoms with Gasteiger partial charge in [-0.15, -0.1) is 12.4 Å². The van der Waals surface area contributed by atoms with Crippen LogP contribution in [0.15, 0.2) is 33.9 Å². The Balaban J connectivity index is 0.00000208. The molecule has 3 rings (SSSR count). The van der Waals surface area contributed by atoms with Gasteiger partial charge in [-0.25, -0.2) is 4.79 Å². The van der Waals surface area contributed by atoms with Crippen LogP contribution in [0.1, 0.15) is 12.8 Å². The van der Waals surface area contributed by atoms with E-state index in [2.05, 4.69) is 10.3 Å². The van der Waals surface area contributed by atoms with Gasteiger partial charge < -0.3 is 15.2 Å². The highest BCUT2D eigenvalue weighted by Crippen LogP contribution is 2.10. The fourth-order valence-corrected chi connectivity index (χ4v) is 2.99. The summed E-state index contributed by atoms with van der Waals surface area (Å²) in [6, 6.07) is 6.95. The highest BCUT2D eigenvalue weighted by Gasteiger charge is 2.23. The van der Waals surface area contributed by atoms with Gasteiger partial charge in [0.25, 0.3) is 5.56 Å². The molecule has 1 saturated heterocycles. The first-order chi connectivity index (χ1) is 11.1. The monoisotopic (exact) mass is 352 g/mol. The first kappa shape index (κ1) is 18.2. The molecule has 0 spiro atoms. The van der Waals surface area contributed by atoms with Crippen LogP contribution in [0.4, 0.5) is 0 Å². The minimum absolute atomic E-state index is 0. The van der Waals surface area contributed by atoms with Crippen LogP contribution in [-0.2, 0) is 11.3 Å². The minimum Gasteiger partial charge on any atom is -0.341 e. The summed E-state index contributed by atoms with van der Waals surface area (Å²) >= 11 is 0. The van der Waals surface area contributed by atoms with Crippen molar-refractivity contribution in [3.8, 4) is 0 Å². The number of aromatic nitrogens is 2. The van der Waals surface area contributed by atoms with Crippen LogP contribution in [0.3, 0.4) is 0 Å². The van der Waals surface area contributed by atoms with Crippen LogP contribution in [0.25, 0.3) is 10.9 Å². The number of rotatable bonds is 3. The summed E-state index contributed by atoms with van der Waals surface area (Å²) in [6.07, 6.45) is 1.76. The van der Waals surface area contributed by atoms with E-state index < -0.39 is 11.2 Å². The second-order valence-electron chi connectivity index (χ2n) is 5.85. The third-order valence-corrected chi connectivity index (χ3v) is 4.43. The van der Waals surface area contributed by atoms with Gasteiger partial charge in [-0.3, -0.25) is 14.2 Å². The average molecular weight is 353 g/mol. The van der Waals surface area contributed by atoms with Crippen molar-refractivity contribution in [2.75, 3.05) is 20.1 Å². The number of para-hydroxylation sites is 1. The zero-order chi connectivity index (χ0) is 16.4. The second kappa shape index (κ2) is 7.63. The number of hydrogen-bond acceptors (Lipinski definition) is 4. The van der Waals surface area contributed by atoms with Crippen molar-refractivity contribution in [2.45, 2.75) is 25.4 Å². The van der Waals surface area contributed by atoms with Crippen LogP contribution >= 0.6 is 12.4 Å². The largest absolute Gasteiger partial charge is 0.341 e. The normalized spacial score (nSPS) is 15.0. The molecule has 0 atom stereocenters. The Morgan fingerprint density at radius 2 is 1.92 bits per heavy atom. The van der Waals surface area contributed by atoms with Gasteiger partial charge in [0.1, 0.15) is 6.54 Å². The molecule has 2 heterocycles. The molecule has 1 aliphatic rings. The first-order valence-electron chi connectivity index (χ1n) is 7.76. The van der Waals surface area contributed by atoms with E-state index in [1.807, 2.05) is 0 Å². The summed E-state index contributed by atoms with van der Waals surface area (Å²) in [6.45, 7) is 1.51. The van der Waals surface area contributed by atoms with E-state index in [9.17, 15) is 14.4 Å². The van der Waals surface area contributed by atoms with Crippen LogP contribution in [0.2, 0.25) is 0 Å². The average Bonchev–Trinajstić information content (AvgIpc) is 2.58. The van der Waals surface area contributed by atoms with Crippen LogP contribution < -0.4 is 16.6 Å². The molecule has 1 amide bonds. The third-order valence-electron chi connectivity index (χ3n) is 4.43. The van der Waals surface area contributed by atoms with Gasteiger partial charge in [-0.05, 0) is 38.1 Å². The van der Waals surface area contributed by atoms with E-state index in [-0.39, 0.29) is 30.9 Å². The zero-order valence-electron chi connectivity index (χ0n) is 13.4. The highest BCUT2D eigenvalue weighted by atomic mass is 35.5. The maximum atomic E-state index is 12.4. The topological polar surface area (TPSA) is 87.2 Å². The molecule has 0 saturated carbocycles. The maximum absolute atomic E-state index is 12.4. The van der Waals surface area contributed by atoms with Crippen molar-refractivity contribution >= 4 is 29.2 Å². The predicted molar refractivity (Wildman–Crippen MR) is 94.7 cm³/mol. The summed E-state index contributed by atoms with van der Waals surface area (Å²) in [5.41, 5.74) is -0.505. The molecule has 1 fully saturated rings. The fraction of sp³-hybridized carbons (Fsp3) is 0.438. The Hall–Kier alpha value is -2.12. The lowest BCUT2D eigenvalue weighted by atomic mass is 10.1. The molecule has 1 aliphatic heterocycles. The molecule has 2 aromatic rings. The van der Waals surface area contributed by atoms with Crippen molar-refractivity contribution in [2.24, 2.45) is 0 Å². The van der Waals surface area contributed by atoms with Crippen LogP contribution in [0, 0.1) is 0 Å². The molecule has 0 bridgehead atoms. The van der Waals surface area contributed by atoms with Crippen molar-refractivity contribution in [3.63, 3.8) is 0 Å². The highest BCUT2D eigenvalue weighted by molar-refractivity contribution is 5.85. The number of carbonyl (C=O) groups excluding carboxylic acids is 1. The van der Waals surface area contributed by atoms with Crippen LogP contribution in [-0.4, -0.2) is 46.5 Å². The Morgan fingerprint density at radius 3 is 2.62 bits per heavy atom. The van der Waals surface area contributed by atoms with Gasteiger partial charge in [-0.1, -0.05) is 12.1 Å². The van der Waals surface area contributed by atoms with E-state index in [1.165, 1.54) is 0 Å². The molecule has 0 aliphatic carbocycles. The fourth-order valence-electron chi connectivity index (χ4n) is 2.99. The molecule has 8 heteroatoms. The number of fused-ring (bicyclic) bond motifs is 1. The quantitative estimate of drug-likeness (QED) is 0.833. The van der Waals surface area contributed by atoms with Gasteiger partial charge in [0.2, 0.25) is 5.91 Å². The lowest BCUT2D eigenvalue weighted by molar-refractivity contribution is -0.133. The number of amides is 1. The Morgan fingerprint density at radius 1 is 1.25 bits per heavy atom. The number of halogens is 1. The smallest absolute Gasteiger partial charge is 0.329 e. The number of hydrogen-bond donors (Lipinski definition) is 2. The number of aromatic amines is 1. The lowest BCUT2D eigenvalue weighted by Crippen LogP contribution is -2.47. The maximum Gasteiger partial charge on any atom is 0.329 e. The van der Waals surface area contributed by atoms with E-state index in [4.69, 9.17) is 0 Å². The standard InChI is InChI=1S/C16H20N4O3.ClH/c1-19(11-6-8-17-9-7-11)14(21)10-20-15(22)12-4-2-3-5-13(12)18-16(20)23;/h2-5,11,17H,6-10H2,1H3,(H,18,23);1H. The Kier molecular flexibility index (Phi) is 5.80. The molecule has 130 valence electrons. The Labute approximate surface area is 145 Å². The number of benzene rings is 1. The summed E-state index contributed by atoms with van der Waals surface area (Å²) in [7, 11) is 1.73. The number of H-pyrrole nitrogens is 1. The van der Waals surface area contributed by atoms with Gasteiger partial charge in [-0.2, -0.15) is 0 Å². The summed E-state index contributed by atoms with van der Waals surface area (Å²) < 4.78 is 0.974. The van der Waals surface area contributed by atoms with Gasteiger partial charge in [0.15, 0.2) is 0 Å². The summed E-state index contributed by atoms with van der Waals surface area (Å²) in [4.78, 5) is 41.3. The Bertz CT molecular complexity index is 839.